The van der Waals surface area contributed by atoms with Crippen molar-refractivity contribution in [1.82, 2.24) is 10.2 Å². The maximum atomic E-state index is 12.6. The summed E-state index contributed by atoms with van der Waals surface area (Å²) in [6.07, 6.45) is 1.64. The van der Waals surface area contributed by atoms with Crippen LogP contribution in [0.1, 0.15) is 45.5 Å². The van der Waals surface area contributed by atoms with Crippen LogP contribution < -0.4 is 5.32 Å². The number of hydrogen-bond acceptors (Lipinski definition) is 4. The average molecular weight is 298 g/mol. The molecule has 6 heteroatoms. The fourth-order valence-corrected chi connectivity index (χ4v) is 3.33. The summed E-state index contributed by atoms with van der Waals surface area (Å²) in [5.41, 5.74) is 0.970. The number of amides is 4. The molecule has 1 unspecified atom stereocenters. The van der Waals surface area contributed by atoms with Crippen LogP contribution in [0.5, 0.6) is 0 Å². The van der Waals surface area contributed by atoms with Gasteiger partial charge in [0.05, 0.1) is 16.5 Å². The van der Waals surface area contributed by atoms with Crippen LogP contribution in [0.2, 0.25) is 0 Å². The van der Waals surface area contributed by atoms with Crippen molar-refractivity contribution in [2.45, 2.75) is 32.2 Å². The highest BCUT2D eigenvalue weighted by molar-refractivity contribution is 6.23. The lowest BCUT2D eigenvalue weighted by Crippen LogP contribution is -2.58. The number of nitrogens with zero attached hydrogens (tertiary/aromatic N) is 1. The molecule has 22 heavy (non-hydrogen) atoms. The summed E-state index contributed by atoms with van der Waals surface area (Å²) in [7, 11) is 0. The second kappa shape index (κ2) is 4.03. The Hall–Kier alpha value is -2.50. The van der Waals surface area contributed by atoms with Gasteiger partial charge in [-0.15, -0.1) is 0 Å². The van der Waals surface area contributed by atoms with E-state index >= 15 is 0 Å². The summed E-state index contributed by atoms with van der Waals surface area (Å²) in [5.74, 6) is -1.74. The van der Waals surface area contributed by atoms with Gasteiger partial charge in [0.1, 0.15) is 6.04 Å². The van der Waals surface area contributed by atoms with Crippen LogP contribution in [0, 0.1) is 12.3 Å². The molecule has 0 bridgehead atoms. The van der Waals surface area contributed by atoms with Crippen LogP contribution in [-0.4, -0.2) is 34.6 Å². The first-order valence-corrected chi connectivity index (χ1v) is 7.27. The van der Waals surface area contributed by atoms with Gasteiger partial charge >= 0.3 is 0 Å². The summed E-state index contributed by atoms with van der Waals surface area (Å²) in [5, 5.41) is 2.31. The van der Waals surface area contributed by atoms with E-state index in [0.717, 1.165) is 10.5 Å². The highest BCUT2D eigenvalue weighted by Gasteiger charge is 2.58. The lowest BCUT2D eigenvalue weighted by molar-refractivity contribution is -0.141. The van der Waals surface area contributed by atoms with Gasteiger partial charge in [-0.05, 0) is 38.3 Å². The predicted octanol–water partition coefficient (Wildman–Crippen LogP) is 0.786. The largest absolute Gasteiger partial charge is 0.294 e. The van der Waals surface area contributed by atoms with Crippen molar-refractivity contribution < 1.29 is 19.2 Å². The van der Waals surface area contributed by atoms with Crippen molar-refractivity contribution in [3.8, 4) is 0 Å². The number of benzene rings is 1. The van der Waals surface area contributed by atoms with E-state index in [9.17, 15) is 19.2 Å². The van der Waals surface area contributed by atoms with E-state index in [1.807, 2.05) is 6.92 Å². The smallest absolute Gasteiger partial charge is 0.262 e. The number of aryl methyl sites for hydroxylation is 1. The molecule has 3 aliphatic rings. The maximum Gasteiger partial charge on any atom is 0.262 e. The third kappa shape index (κ3) is 1.60. The fourth-order valence-electron chi connectivity index (χ4n) is 3.33. The van der Waals surface area contributed by atoms with Gasteiger partial charge in [0.2, 0.25) is 11.8 Å². The van der Waals surface area contributed by atoms with Crippen molar-refractivity contribution in [1.29, 1.82) is 0 Å². The number of hydrogen-bond donors (Lipinski definition) is 1. The quantitative estimate of drug-likeness (QED) is 0.777. The highest BCUT2D eigenvalue weighted by atomic mass is 16.2. The Labute approximate surface area is 126 Å². The molecule has 2 aliphatic heterocycles. The maximum absolute atomic E-state index is 12.6. The molecule has 4 amide bonds. The van der Waals surface area contributed by atoms with Crippen molar-refractivity contribution in [2.24, 2.45) is 5.41 Å². The molecule has 0 radical (unpaired) electrons. The average Bonchev–Trinajstić information content (AvgIpc) is 3.20. The van der Waals surface area contributed by atoms with E-state index in [1.54, 1.807) is 18.2 Å². The number of rotatable bonds is 1. The second-order valence-electron chi connectivity index (χ2n) is 6.35. The third-order valence-corrected chi connectivity index (χ3v) is 4.84. The normalized spacial score (nSPS) is 25.5. The van der Waals surface area contributed by atoms with Gasteiger partial charge in [0, 0.05) is 0 Å². The molecule has 1 saturated carbocycles. The SMILES string of the molecule is Cc1ccc2c(c1)C(=O)N(C1CC3(CC3)C(=O)NC1=O)C2=O. The van der Waals surface area contributed by atoms with Gasteiger partial charge in [0.15, 0.2) is 0 Å². The number of carbonyl (C=O) groups excluding carboxylic acids is 4. The zero-order valence-corrected chi connectivity index (χ0v) is 12.0. The first kappa shape index (κ1) is 13.2. The van der Waals surface area contributed by atoms with E-state index in [0.29, 0.717) is 24.0 Å². The number of fused-ring (bicyclic) bond motifs is 1. The predicted molar refractivity (Wildman–Crippen MR) is 74.9 cm³/mol. The van der Waals surface area contributed by atoms with Gasteiger partial charge in [-0.2, -0.15) is 0 Å². The van der Waals surface area contributed by atoms with Crippen molar-refractivity contribution in [3.05, 3.63) is 34.9 Å². The molecule has 112 valence electrons. The molecule has 1 aliphatic carbocycles. The van der Waals surface area contributed by atoms with E-state index in [2.05, 4.69) is 5.32 Å². The van der Waals surface area contributed by atoms with Crippen LogP contribution in [0.25, 0.3) is 0 Å². The summed E-state index contributed by atoms with van der Waals surface area (Å²) in [6.45, 7) is 1.84. The topological polar surface area (TPSA) is 83.6 Å². The Morgan fingerprint density at radius 2 is 1.77 bits per heavy atom. The summed E-state index contributed by atoms with van der Waals surface area (Å²) in [4.78, 5) is 50.1. The molecule has 1 aromatic rings. The molecule has 1 N–H and O–H groups in total. The minimum atomic E-state index is -0.895. The van der Waals surface area contributed by atoms with E-state index < -0.39 is 29.2 Å². The summed E-state index contributed by atoms with van der Waals surface area (Å²) < 4.78 is 0. The van der Waals surface area contributed by atoms with Gasteiger partial charge in [0.25, 0.3) is 11.8 Å². The molecule has 1 saturated heterocycles. The number of piperidine rings is 1. The number of nitrogens with one attached hydrogen (secondary N) is 1. The highest BCUT2D eigenvalue weighted by Crippen LogP contribution is 2.52. The van der Waals surface area contributed by atoms with E-state index in [-0.39, 0.29) is 12.3 Å². The number of imide groups is 2. The number of carbonyl (C=O) groups is 4. The van der Waals surface area contributed by atoms with Crippen LogP contribution in [0.15, 0.2) is 18.2 Å². The zero-order valence-electron chi connectivity index (χ0n) is 12.0. The summed E-state index contributed by atoms with van der Waals surface area (Å²) in [6, 6.07) is 4.14. The lowest BCUT2D eigenvalue weighted by atomic mass is 9.90. The van der Waals surface area contributed by atoms with Gasteiger partial charge in [-0.1, -0.05) is 11.6 Å². The van der Waals surface area contributed by atoms with Gasteiger partial charge in [-0.25, -0.2) is 0 Å². The van der Waals surface area contributed by atoms with Gasteiger partial charge in [-0.3, -0.25) is 29.4 Å². The Balaban J connectivity index is 1.72. The third-order valence-electron chi connectivity index (χ3n) is 4.84. The molecule has 2 heterocycles. The molecular weight excluding hydrogens is 284 g/mol. The molecule has 0 aromatic heterocycles. The first-order valence-electron chi connectivity index (χ1n) is 7.27. The lowest BCUT2D eigenvalue weighted by Gasteiger charge is -2.32. The fraction of sp³-hybridized carbons (Fsp3) is 0.375. The van der Waals surface area contributed by atoms with Crippen LogP contribution in [0.4, 0.5) is 0 Å². The minimum Gasteiger partial charge on any atom is -0.294 e. The standard InChI is InChI=1S/C16H14N2O4/c1-8-2-3-9-10(6-8)14(21)18(13(9)20)11-7-16(4-5-16)15(22)17-12(11)19/h2-3,6,11H,4-5,7H2,1H3,(H,17,19,22). The molecule has 1 aromatic carbocycles. The van der Waals surface area contributed by atoms with Crippen molar-refractivity contribution in [3.63, 3.8) is 0 Å². The molecule has 6 nitrogen and oxygen atoms in total. The van der Waals surface area contributed by atoms with Crippen LogP contribution in [0.3, 0.4) is 0 Å². The Bertz CT molecular complexity index is 763. The molecule has 1 atom stereocenters. The van der Waals surface area contributed by atoms with E-state index in [4.69, 9.17) is 0 Å². The molecule has 2 fully saturated rings. The van der Waals surface area contributed by atoms with Gasteiger partial charge < -0.3 is 0 Å². The monoisotopic (exact) mass is 298 g/mol. The van der Waals surface area contributed by atoms with Crippen LogP contribution in [-0.2, 0) is 9.59 Å². The molecule has 4 rings (SSSR count). The molecular formula is C16H14N2O4. The first-order chi connectivity index (χ1) is 10.4. The van der Waals surface area contributed by atoms with Crippen molar-refractivity contribution in [2.75, 3.05) is 0 Å². The van der Waals surface area contributed by atoms with E-state index in [1.165, 1.54) is 0 Å². The minimum absolute atomic E-state index is 0.238. The second-order valence-corrected chi connectivity index (χ2v) is 6.35. The Morgan fingerprint density at radius 3 is 2.45 bits per heavy atom. The molecule has 1 spiro atoms. The van der Waals surface area contributed by atoms with Crippen molar-refractivity contribution >= 4 is 23.6 Å². The Kier molecular flexibility index (Phi) is 2.41. The Morgan fingerprint density at radius 1 is 1.09 bits per heavy atom. The summed E-state index contributed by atoms with van der Waals surface area (Å²) >= 11 is 0. The zero-order chi connectivity index (χ0) is 15.6. The van der Waals surface area contributed by atoms with Crippen LogP contribution >= 0.6 is 0 Å².